The summed E-state index contributed by atoms with van der Waals surface area (Å²) >= 11 is 0. The SMILES string of the molecule is CCC(c1ccccc1)N(C(=O)Nc1c(C(C)C)cccc1C(C)C)C1CCC(c2ccccc2)CC1. The molecule has 3 heteroatoms. The van der Waals surface area contributed by atoms with E-state index in [9.17, 15) is 4.79 Å². The monoisotopic (exact) mass is 496 g/mol. The van der Waals surface area contributed by atoms with Gasteiger partial charge >= 0.3 is 6.03 Å². The summed E-state index contributed by atoms with van der Waals surface area (Å²) < 4.78 is 0. The minimum atomic E-state index is 0.0360. The van der Waals surface area contributed by atoms with Crippen molar-refractivity contribution in [2.45, 2.75) is 96.6 Å². The average Bonchev–Trinajstić information content (AvgIpc) is 2.92. The van der Waals surface area contributed by atoms with Gasteiger partial charge in [0.15, 0.2) is 0 Å². The highest BCUT2D eigenvalue weighted by atomic mass is 16.2. The summed E-state index contributed by atoms with van der Waals surface area (Å²) in [6, 6.07) is 28.2. The molecule has 4 rings (SSSR count). The fourth-order valence-corrected chi connectivity index (χ4v) is 6.11. The first kappa shape index (κ1) is 27.0. The second kappa shape index (κ2) is 12.4. The van der Waals surface area contributed by atoms with Gasteiger partial charge in [0.05, 0.1) is 6.04 Å². The van der Waals surface area contributed by atoms with Crippen LogP contribution in [0.25, 0.3) is 0 Å². The fourth-order valence-electron chi connectivity index (χ4n) is 6.11. The summed E-state index contributed by atoms with van der Waals surface area (Å²) in [4.78, 5) is 16.5. The molecule has 1 N–H and O–H groups in total. The first-order valence-electron chi connectivity index (χ1n) is 14.2. The van der Waals surface area contributed by atoms with E-state index in [1.165, 1.54) is 22.3 Å². The Bertz CT molecular complexity index is 1100. The molecule has 196 valence electrons. The number of nitrogens with one attached hydrogen (secondary N) is 1. The minimum absolute atomic E-state index is 0.0360. The molecule has 1 atom stereocenters. The molecule has 2 amide bonds. The first-order valence-corrected chi connectivity index (χ1v) is 14.2. The summed E-state index contributed by atoms with van der Waals surface area (Å²) in [5.74, 6) is 1.24. The van der Waals surface area contributed by atoms with Crippen molar-refractivity contribution in [3.63, 3.8) is 0 Å². The highest BCUT2D eigenvalue weighted by Crippen LogP contribution is 2.39. The maximum atomic E-state index is 14.3. The van der Waals surface area contributed by atoms with E-state index in [0.717, 1.165) is 37.8 Å². The zero-order chi connectivity index (χ0) is 26.4. The van der Waals surface area contributed by atoms with E-state index in [1.54, 1.807) is 0 Å². The first-order chi connectivity index (χ1) is 17.9. The van der Waals surface area contributed by atoms with Crippen LogP contribution in [-0.2, 0) is 0 Å². The van der Waals surface area contributed by atoms with Gasteiger partial charge in [0.25, 0.3) is 0 Å². The lowest BCUT2D eigenvalue weighted by molar-refractivity contribution is 0.126. The summed E-state index contributed by atoms with van der Waals surface area (Å²) in [6.07, 6.45) is 5.17. The number of carbonyl (C=O) groups excluding carboxylic acids is 1. The lowest BCUT2D eigenvalue weighted by Gasteiger charge is -2.42. The van der Waals surface area contributed by atoms with Crippen LogP contribution in [0.5, 0.6) is 0 Å². The number of benzene rings is 3. The third-order valence-corrected chi connectivity index (χ3v) is 8.11. The van der Waals surface area contributed by atoms with Crippen molar-refractivity contribution in [2.24, 2.45) is 0 Å². The molecule has 0 bridgehead atoms. The lowest BCUT2D eigenvalue weighted by Crippen LogP contribution is -2.46. The second-order valence-corrected chi connectivity index (χ2v) is 11.2. The van der Waals surface area contributed by atoms with E-state index in [4.69, 9.17) is 0 Å². The van der Waals surface area contributed by atoms with Crippen LogP contribution in [0.1, 0.15) is 113 Å². The van der Waals surface area contributed by atoms with Gasteiger partial charge in [-0.2, -0.15) is 0 Å². The van der Waals surface area contributed by atoms with Gasteiger partial charge in [0, 0.05) is 11.7 Å². The van der Waals surface area contributed by atoms with Crippen LogP contribution in [0.15, 0.2) is 78.9 Å². The molecule has 0 saturated heterocycles. The molecule has 1 aliphatic rings. The summed E-state index contributed by atoms with van der Waals surface area (Å²) in [5.41, 5.74) is 6.06. The quantitative estimate of drug-likeness (QED) is 0.331. The van der Waals surface area contributed by atoms with E-state index in [0.29, 0.717) is 17.8 Å². The van der Waals surface area contributed by atoms with E-state index >= 15 is 0 Å². The Morgan fingerprint density at radius 2 is 1.32 bits per heavy atom. The Kier molecular flexibility index (Phi) is 9.08. The molecule has 1 saturated carbocycles. The molecule has 0 aromatic heterocycles. The normalized spacial score (nSPS) is 18.6. The predicted molar refractivity (Wildman–Crippen MR) is 156 cm³/mol. The van der Waals surface area contributed by atoms with E-state index < -0.39 is 0 Å². The molecule has 0 radical (unpaired) electrons. The zero-order valence-electron chi connectivity index (χ0n) is 23.3. The maximum Gasteiger partial charge on any atom is 0.322 e. The standard InChI is InChI=1S/C34H44N2O/c1-6-32(28-16-11-8-12-17-28)36(29-22-20-27(21-23-29)26-14-9-7-10-15-26)34(37)35-33-30(24(2)3)18-13-19-31(33)25(4)5/h7-19,24-25,27,29,32H,6,20-23H2,1-5H3,(H,35,37). The molecule has 37 heavy (non-hydrogen) atoms. The van der Waals surface area contributed by atoms with Gasteiger partial charge in [-0.3, -0.25) is 0 Å². The van der Waals surface area contributed by atoms with Gasteiger partial charge in [-0.15, -0.1) is 0 Å². The lowest BCUT2D eigenvalue weighted by atomic mass is 9.80. The molecule has 0 heterocycles. The van der Waals surface area contributed by atoms with E-state index in [2.05, 4.69) is 124 Å². The highest BCUT2D eigenvalue weighted by molar-refractivity contribution is 5.92. The minimum Gasteiger partial charge on any atom is -0.315 e. The van der Waals surface area contributed by atoms with Crippen LogP contribution < -0.4 is 5.32 Å². The van der Waals surface area contributed by atoms with Crippen LogP contribution in [-0.4, -0.2) is 17.0 Å². The van der Waals surface area contributed by atoms with Crippen molar-refractivity contribution in [1.82, 2.24) is 4.90 Å². The molecule has 3 aromatic rings. The van der Waals surface area contributed by atoms with Gasteiger partial charge in [-0.05, 0) is 72.1 Å². The van der Waals surface area contributed by atoms with Gasteiger partial charge in [-0.25, -0.2) is 4.79 Å². The van der Waals surface area contributed by atoms with Crippen LogP contribution in [0.4, 0.5) is 10.5 Å². The van der Waals surface area contributed by atoms with Crippen molar-refractivity contribution in [3.8, 4) is 0 Å². The van der Waals surface area contributed by atoms with Crippen molar-refractivity contribution >= 4 is 11.7 Å². The number of nitrogens with zero attached hydrogens (tertiary/aromatic N) is 1. The Morgan fingerprint density at radius 3 is 1.84 bits per heavy atom. The molecular weight excluding hydrogens is 452 g/mol. The Hall–Kier alpha value is -3.07. The number of carbonyl (C=O) groups is 1. The van der Waals surface area contributed by atoms with Crippen molar-refractivity contribution in [3.05, 3.63) is 101 Å². The molecule has 0 spiro atoms. The number of urea groups is 1. The molecular formula is C34H44N2O. The smallest absolute Gasteiger partial charge is 0.315 e. The summed E-state index contributed by atoms with van der Waals surface area (Å²) in [7, 11) is 0. The van der Waals surface area contributed by atoms with Crippen LogP contribution in [0.3, 0.4) is 0 Å². The number of para-hydroxylation sites is 1. The maximum absolute atomic E-state index is 14.3. The second-order valence-electron chi connectivity index (χ2n) is 11.2. The number of rotatable bonds is 8. The number of anilines is 1. The van der Waals surface area contributed by atoms with Gasteiger partial charge in [0.1, 0.15) is 0 Å². The molecule has 0 aliphatic heterocycles. The van der Waals surface area contributed by atoms with E-state index in [-0.39, 0.29) is 18.1 Å². The number of hydrogen-bond acceptors (Lipinski definition) is 1. The van der Waals surface area contributed by atoms with Crippen LogP contribution in [0.2, 0.25) is 0 Å². The Balaban J connectivity index is 1.65. The molecule has 1 fully saturated rings. The van der Waals surface area contributed by atoms with Gasteiger partial charge in [-0.1, -0.05) is 113 Å². The largest absolute Gasteiger partial charge is 0.322 e. The van der Waals surface area contributed by atoms with Crippen LogP contribution >= 0.6 is 0 Å². The van der Waals surface area contributed by atoms with Crippen LogP contribution in [0, 0.1) is 0 Å². The topological polar surface area (TPSA) is 32.3 Å². The van der Waals surface area contributed by atoms with Gasteiger partial charge < -0.3 is 10.2 Å². The highest BCUT2D eigenvalue weighted by Gasteiger charge is 2.35. The third-order valence-electron chi connectivity index (χ3n) is 8.11. The molecule has 3 nitrogen and oxygen atoms in total. The predicted octanol–water partition coefficient (Wildman–Crippen LogP) is 9.64. The summed E-state index contributed by atoms with van der Waals surface area (Å²) in [6.45, 7) is 11.0. The summed E-state index contributed by atoms with van der Waals surface area (Å²) in [5, 5.41) is 3.45. The fraction of sp³-hybridized carbons (Fsp3) is 0.441. The molecule has 1 unspecified atom stereocenters. The third kappa shape index (κ3) is 6.26. The number of hydrogen-bond donors (Lipinski definition) is 1. The van der Waals surface area contributed by atoms with Crippen molar-refractivity contribution < 1.29 is 4.79 Å². The van der Waals surface area contributed by atoms with Crippen molar-refractivity contribution in [1.29, 1.82) is 0 Å². The molecule has 3 aromatic carbocycles. The van der Waals surface area contributed by atoms with Crippen molar-refractivity contribution in [2.75, 3.05) is 5.32 Å². The average molecular weight is 497 g/mol. The number of amides is 2. The van der Waals surface area contributed by atoms with Gasteiger partial charge in [0.2, 0.25) is 0 Å². The molecule has 1 aliphatic carbocycles. The zero-order valence-corrected chi connectivity index (χ0v) is 23.3. The van der Waals surface area contributed by atoms with E-state index in [1.807, 2.05) is 0 Å². The Labute approximate surface area is 224 Å². The Morgan fingerprint density at radius 1 is 0.784 bits per heavy atom.